The van der Waals surface area contributed by atoms with Crippen LogP contribution in [-0.2, 0) is 16.0 Å². The van der Waals surface area contributed by atoms with Crippen molar-refractivity contribution in [3.8, 4) is 6.07 Å². The van der Waals surface area contributed by atoms with Crippen LogP contribution in [-0.4, -0.2) is 30.0 Å². The maximum Gasteiger partial charge on any atom is 0.340 e. The molecule has 0 saturated heterocycles. The lowest BCUT2D eigenvalue weighted by Gasteiger charge is -2.10. The second kappa shape index (κ2) is 11.4. The number of carbonyl (C=O) groups excluding carboxylic acids is 2. The van der Waals surface area contributed by atoms with Crippen molar-refractivity contribution in [2.24, 2.45) is 0 Å². The van der Waals surface area contributed by atoms with E-state index < -0.39 is 11.9 Å². The molecule has 0 saturated carbocycles. The van der Waals surface area contributed by atoms with E-state index in [4.69, 9.17) is 4.74 Å². The zero-order valence-corrected chi connectivity index (χ0v) is 18.0. The van der Waals surface area contributed by atoms with Crippen molar-refractivity contribution < 1.29 is 14.3 Å². The number of hydrogen-bond acceptors (Lipinski definition) is 5. The van der Waals surface area contributed by atoms with Crippen molar-refractivity contribution in [2.45, 2.75) is 26.2 Å². The van der Waals surface area contributed by atoms with E-state index in [0.717, 1.165) is 35.7 Å². The van der Waals surface area contributed by atoms with Crippen molar-refractivity contribution in [1.29, 1.82) is 5.26 Å². The molecule has 0 aliphatic heterocycles. The van der Waals surface area contributed by atoms with Gasteiger partial charge in [0, 0.05) is 29.8 Å². The number of anilines is 1. The van der Waals surface area contributed by atoms with Crippen LogP contribution >= 0.6 is 0 Å². The van der Waals surface area contributed by atoms with Gasteiger partial charge in [0.25, 0.3) is 5.91 Å². The minimum atomic E-state index is -0.596. The highest BCUT2D eigenvalue weighted by molar-refractivity contribution is 6.09. The first-order valence-corrected chi connectivity index (χ1v) is 10.6. The molecule has 0 atom stereocenters. The Hall–Kier alpha value is -4.05. The third-order valence-corrected chi connectivity index (χ3v) is 4.95. The van der Waals surface area contributed by atoms with E-state index in [2.05, 4.69) is 21.7 Å². The fourth-order valence-corrected chi connectivity index (χ4v) is 3.21. The summed E-state index contributed by atoms with van der Waals surface area (Å²) in [5.74, 6) is -1.10. The number of aromatic amines is 1. The van der Waals surface area contributed by atoms with Gasteiger partial charge in [0.15, 0.2) is 0 Å². The first-order chi connectivity index (χ1) is 15.6. The van der Waals surface area contributed by atoms with Gasteiger partial charge in [-0.05, 0) is 36.6 Å². The lowest BCUT2D eigenvalue weighted by atomic mass is 10.1. The lowest BCUT2D eigenvalue weighted by Crippen LogP contribution is -2.19. The predicted molar refractivity (Wildman–Crippen MR) is 124 cm³/mol. The quantitative estimate of drug-likeness (QED) is 0.192. The molecular formula is C25H26N4O3. The zero-order chi connectivity index (χ0) is 22.8. The average molecular weight is 431 g/mol. The number of unbranched alkanes of at least 4 members (excludes halogenated alkanes) is 1. The number of nitrogens with one attached hydrogen (secondary N) is 3. The molecular weight excluding hydrogens is 404 g/mol. The third kappa shape index (κ3) is 5.76. The maximum atomic E-state index is 12.6. The van der Waals surface area contributed by atoms with Crippen LogP contribution in [0.3, 0.4) is 0 Å². The Bertz CT molecular complexity index is 1160. The maximum absolute atomic E-state index is 12.6. The molecule has 1 heterocycles. The molecule has 3 N–H and O–H groups in total. The number of ether oxygens (including phenoxy) is 1. The predicted octanol–water partition coefficient (Wildman–Crippen LogP) is 4.30. The number of benzene rings is 2. The van der Waals surface area contributed by atoms with Gasteiger partial charge in [-0.15, -0.1) is 0 Å². The van der Waals surface area contributed by atoms with Gasteiger partial charge in [0.1, 0.15) is 11.6 Å². The summed E-state index contributed by atoms with van der Waals surface area (Å²) in [7, 11) is 0. The summed E-state index contributed by atoms with van der Waals surface area (Å²) >= 11 is 0. The normalized spacial score (nSPS) is 11.1. The highest BCUT2D eigenvalue weighted by Gasteiger charge is 2.16. The largest absolute Gasteiger partial charge is 0.462 e. The molecule has 3 aromatic rings. The van der Waals surface area contributed by atoms with Crippen LogP contribution < -0.4 is 10.6 Å². The smallest absolute Gasteiger partial charge is 0.340 e. The number of para-hydroxylation sites is 2. The molecule has 32 heavy (non-hydrogen) atoms. The van der Waals surface area contributed by atoms with Crippen LogP contribution in [0.4, 0.5) is 5.69 Å². The van der Waals surface area contributed by atoms with Gasteiger partial charge in [0.05, 0.1) is 17.9 Å². The van der Waals surface area contributed by atoms with E-state index in [9.17, 15) is 14.9 Å². The molecule has 0 fully saturated rings. The lowest BCUT2D eigenvalue weighted by molar-refractivity contribution is -0.112. The Morgan fingerprint density at radius 3 is 2.75 bits per heavy atom. The van der Waals surface area contributed by atoms with Crippen LogP contribution in [0.5, 0.6) is 0 Å². The van der Waals surface area contributed by atoms with E-state index in [1.54, 1.807) is 24.3 Å². The summed E-state index contributed by atoms with van der Waals surface area (Å²) in [5.41, 5.74) is 2.69. The number of nitriles is 1. The molecule has 164 valence electrons. The Morgan fingerprint density at radius 2 is 1.94 bits per heavy atom. The molecule has 7 nitrogen and oxygen atoms in total. The molecule has 3 rings (SSSR count). The summed E-state index contributed by atoms with van der Waals surface area (Å²) in [6, 6.07) is 16.5. The van der Waals surface area contributed by atoms with E-state index in [1.165, 1.54) is 6.20 Å². The summed E-state index contributed by atoms with van der Waals surface area (Å²) in [6.45, 7) is 2.88. The van der Waals surface area contributed by atoms with Crippen molar-refractivity contribution in [2.75, 3.05) is 18.5 Å². The molecule has 0 aliphatic carbocycles. The van der Waals surface area contributed by atoms with Crippen molar-refractivity contribution >= 4 is 28.5 Å². The van der Waals surface area contributed by atoms with Crippen molar-refractivity contribution in [3.05, 3.63) is 77.6 Å². The minimum Gasteiger partial charge on any atom is -0.462 e. The number of fused-ring (bicyclic) bond motifs is 1. The van der Waals surface area contributed by atoms with Gasteiger partial charge in [0.2, 0.25) is 0 Å². The van der Waals surface area contributed by atoms with Gasteiger partial charge >= 0.3 is 5.97 Å². The number of carbonyl (C=O) groups is 2. The SMILES string of the molecule is CCCCOC(=O)c1ccccc1NC(=O)/C(C#N)=C\NCCc1c[nH]c2ccccc12. The number of hydrogen-bond donors (Lipinski definition) is 3. The number of esters is 1. The molecule has 0 unspecified atom stereocenters. The summed E-state index contributed by atoms with van der Waals surface area (Å²) in [5, 5.41) is 16.2. The molecule has 2 aromatic carbocycles. The highest BCUT2D eigenvalue weighted by Crippen LogP contribution is 2.18. The Balaban J connectivity index is 1.59. The number of amides is 1. The molecule has 0 aliphatic rings. The van der Waals surface area contributed by atoms with Crippen LogP contribution in [0, 0.1) is 11.3 Å². The molecule has 1 amide bonds. The summed E-state index contributed by atoms with van der Waals surface area (Å²) in [4.78, 5) is 28.1. The molecule has 1 aromatic heterocycles. The van der Waals surface area contributed by atoms with E-state index >= 15 is 0 Å². The third-order valence-electron chi connectivity index (χ3n) is 4.95. The van der Waals surface area contributed by atoms with Gasteiger partial charge in [-0.1, -0.05) is 43.7 Å². The van der Waals surface area contributed by atoms with Gasteiger partial charge in [-0.2, -0.15) is 5.26 Å². The van der Waals surface area contributed by atoms with E-state index in [-0.39, 0.29) is 11.1 Å². The fourth-order valence-electron chi connectivity index (χ4n) is 3.21. The Kier molecular flexibility index (Phi) is 8.04. The monoisotopic (exact) mass is 430 g/mol. The summed E-state index contributed by atoms with van der Waals surface area (Å²) in [6.07, 6.45) is 5.77. The number of aromatic nitrogens is 1. The number of rotatable bonds is 10. The average Bonchev–Trinajstić information content (AvgIpc) is 3.22. The van der Waals surface area contributed by atoms with E-state index in [0.29, 0.717) is 18.8 Å². The minimum absolute atomic E-state index is 0.0851. The van der Waals surface area contributed by atoms with Gasteiger partial charge in [-0.3, -0.25) is 4.79 Å². The van der Waals surface area contributed by atoms with Crippen molar-refractivity contribution in [1.82, 2.24) is 10.3 Å². The topological polar surface area (TPSA) is 107 Å². The first kappa shape index (κ1) is 22.6. The van der Waals surface area contributed by atoms with Gasteiger partial charge in [-0.25, -0.2) is 4.79 Å². The number of nitrogens with zero attached hydrogens (tertiary/aromatic N) is 1. The summed E-state index contributed by atoms with van der Waals surface area (Å²) < 4.78 is 5.24. The molecule has 0 spiro atoms. The molecule has 0 radical (unpaired) electrons. The Labute approximate surface area is 187 Å². The second-order valence-electron chi connectivity index (χ2n) is 7.22. The first-order valence-electron chi connectivity index (χ1n) is 10.6. The highest BCUT2D eigenvalue weighted by atomic mass is 16.5. The zero-order valence-electron chi connectivity index (χ0n) is 18.0. The van der Waals surface area contributed by atoms with Crippen molar-refractivity contribution in [3.63, 3.8) is 0 Å². The molecule has 0 bridgehead atoms. The molecule has 7 heteroatoms. The fraction of sp³-hybridized carbons (Fsp3) is 0.240. The van der Waals surface area contributed by atoms with Crippen LogP contribution in [0.2, 0.25) is 0 Å². The Morgan fingerprint density at radius 1 is 1.16 bits per heavy atom. The van der Waals surface area contributed by atoms with Crippen LogP contribution in [0.15, 0.2) is 66.5 Å². The second-order valence-corrected chi connectivity index (χ2v) is 7.22. The standard InChI is InChI=1S/C25H26N4O3/c1-2-3-14-32-25(31)21-9-5-7-11-23(21)29-24(30)19(15-26)16-27-13-12-18-17-28-22-10-6-4-8-20(18)22/h4-11,16-17,27-28H,2-3,12-14H2,1H3,(H,29,30)/b19-16-. The van der Waals surface area contributed by atoms with Crippen LogP contribution in [0.1, 0.15) is 35.7 Å². The van der Waals surface area contributed by atoms with Crippen LogP contribution in [0.25, 0.3) is 10.9 Å². The van der Waals surface area contributed by atoms with Gasteiger partial charge < -0.3 is 20.4 Å². The van der Waals surface area contributed by atoms with E-state index in [1.807, 2.05) is 37.4 Å². The number of H-pyrrole nitrogens is 1.